The molecule has 0 saturated heterocycles. The lowest BCUT2D eigenvalue weighted by Gasteiger charge is -2.21. The van der Waals surface area contributed by atoms with Gasteiger partial charge in [-0.25, -0.2) is 9.97 Å². The van der Waals surface area contributed by atoms with Gasteiger partial charge in [-0.1, -0.05) is 196 Å². The van der Waals surface area contributed by atoms with E-state index >= 15 is 0 Å². The zero-order valence-corrected chi connectivity index (χ0v) is 31.9. The van der Waals surface area contributed by atoms with E-state index < -0.39 is 0 Å². The van der Waals surface area contributed by atoms with Crippen molar-refractivity contribution in [3.05, 3.63) is 205 Å². The SMILES string of the molecule is CC1(C)c2ccccc2-c2c(-c3cc(-c4ccc(-c5ccccc5)cc4)nc(-c4ccccc4-c4c5ccccc5cc5c4ccc4ccccc45)n3)cccc21. The Bertz CT molecular complexity index is 3190. The molecule has 0 saturated carbocycles. The van der Waals surface area contributed by atoms with Gasteiger partial charge in [-0.3, -0.25) is 0 Å². The Morgan fingerprint density at radius 1 is 0.333 bits per heavy atom. The predicted molar refractivity (Wildman–Crippen MR) is 239 cm³/mol. The minimum Gasteiger partial charge on any atom is -0.228 e. The number of aromatic nitrogens is 2. The fraction of sp³-hybridized carbons (Fsp3) is 0.0545. The van der Waals surface area contributed by atoms with Crippen molar-refractivity contribution in [1.82, 2.24) is 9.97 Å². The maximum absolute atomic E-state index is 5.55. The van der Waals surface area contributed by atoms with E-state index in [1.54, 1.807) is 0 Å². The topological polar surface area (TPSA) is 25.8 Å². The molecule has 2 heteroatoms. The Balaban J connectivity index is 1.18. The van der Waals surface area contributed by atoms with Gasteiger partial charge in [0, 0.05) is 22.1 Å². The summed E-state index contributed by atoms with van der Waals surface area (Å²) in [5.41, 5.74) is 14.7. The largest absolute Gasteiger partial charge is 0.228 e. The monoisotopic (exact) mass is 726 g/mol. The van der Waals surface area contributed by atoms with Gasteiger partial charge in [0.25, 0.3) is 0 Å². The van der Waals surface area contributed by atoms with Crippen molar-refractivity contribution in [2.45, 2.75) is 19.3 Å². The van der Waals surface area contributed by atoms with E-state index in [0.29, 0.717) is 5.82 Å². The van der Waals surface area contributed by atoms with E-state index in [1.807, 2.05) is 0 Å². The normalized spacial score (nSPS) is 12.9. The first-order valence-electron chi connectivity index (χ1n) is 19.7. The molecule has 10 aromatic rings. The van der Waals surface area contributed by atoms with Crippen LogP contribution in [0.3, 0.4) is 0 Å². The minimum absolute atomic E-state index is 0.125. The predicted octanol–water partition coefficient (Wildman–Crippen LogP) is 14.6. The van der Waals surface area contributed by atoms with Crippen molar-refractivity contribution in [1.29, 1.82) is 0 Å². The summed E-state index contributed by atoms with van der Waals surface area (Å²) in [5.74, 6) is 0.704. The number of hydrogen-bond donors (Lipinski definition) is 0. The van der Waals surface area contributed by atoms with Crippen LogP contribution < -0.4 is 0 Å². The second-order valence-corrected chi connectivity index (χ2v) is 15.7. The number of benzene rings is 9. The van der Waals surface area contributed by atoms with Gasteiger partial charge in [-0.2, -0.15) is 0 Å². The highest BCUT2D eigenvalue weighted by molar-refractivity contribution is 6.21. The quantitative estimate of drug-likeness (QED) is 0.130. The van der Waals surface area contributed by atoms with E-state index in [-0.39, 0.29) is 5.41 Å². The van der Waals surface area contributed by atoms with Crippen molar-refractivity contribution in [2.75, 3.05) is 0 Å². The highest BCUT2D eigenvalue weighted by Gasteiger charge is 2.37. The molecule has 0 bridgehead atoms. The standard InChI is InChI=1S/C55H38N2/c1-55(2)48-25-13-12-23-45(48)53-46(24-14-26-49(53)55)51-34-50(38-29-27-36(28-30-38)35-15-4-3-5-16-35)56-54(57-51)44-22-11-10-21-42(44)52-41-20-9-7-18-39(41)33-47-40-19-8-6-17-37(40)31-32-43(47)52/h3-34H,1-2H3. The molecule has 1 heterocycles. The molecule has 0 radical (unpaired) electrons. The Labute approximate surface area is 332 Å². The van der Waals surface area contributed by atoms with Crippen LogP contribution in [-0.4, -0.2) is 9.97 Å². The van der Waals surface area contributed by atoms with Crippen LogP contribution in [0.4, 0.5) is 0 Å². The first-order valence-corrected chi connectivity index (χ1v) is 19.7. The lowest BCUT2D eigenvalue weighted by Crippen LogP contribution is -2.14. The fourth-order valence-electron chi connectivity index (χ4n) is 9.29. The van der Waals surface area contributed by atoms with Gasteiger partial charge in [0.15, 0.2) is 5.82 Å². The van der Waals surface area contributed by atoms with Gasteiger partial charge >= 0.3 is 0 Å². The van der Waals surface area contributed by atoms with Gasteiger partial charge in [0.1, 0.15) is 0 Å². The molecule has 1 aliphatic rings. The average molecular weight is 727 g/mol. The third-order valence-corrected chi connectivity index (χ3v) is 12.1. The molecule has 0 unspecified atom stereocenters. The van der Waals surface area contributed by atoms with Gasteiger partial charge in [0.2, 0.25) is 0 Å². The molecule has 57 heavy (non-hydrogen) atoms. The molecular formula is C55H38N2. The molecule has 2 nitrogen and oxygen atoms in total. The van der Waals surface area contributed by atoms with Crippen LogP contribution >= 0.6 is 0 Å². The molecule has 0 fully saturated rings. The van der Waals surface area contributed by atoms with Gasteiger partial charge in [-0.05, 0) is 89.0 Å². The Morgan fingerprint density at radius 3 is 1.75 bits per heavy atom. The van der Waals surface area contributed by atoms with Crippen molar-refractivity contribution in [3.63, 3.8) is 0 Å². The van der Waals surface area contributed by atoms with Crippen molar-refractivity contribution in [3.8, 4) is 67.3 Å². The van der Waals surface area contributed by atoms with E-state index in [1.165, 1.54) is 71.3 Å². The zero-order chi connectivity index (χ0) is 38.1. The second kappa shape index (κ2) is 13.0. The zero-order valence-electron chi connectivity index (χ0n) is 31.9. The number of fused-ring (bicyclic) bond motifs is 7. The van der Waals surface area contributed by atoms with E-state index in [4.69, 9.17) is 9.97 Å². The van der Waals surface area contributed by atoms with Gasteiger partial charge in [-0.15, -0.1) is 0 Å². The second-order valence-electron chi connectivity index (χ2n) is 15.7. The highest BCUT2D eigenvalue weighted by atomic mass is 14.9. The Kier molecular flexibility index (Phi) is 7.55. The maximum atomic E-state index is 5.55. The molecule has 0 aliphatic heterocycles. The number of hydrogen-bond acceptors (Lipinski definition) is 2. The van der Waals surface area contributed by atoms with Gasteiger partial charge < -0.3 is 0 Å². The van der Waals surface area contributed by atoms with Crippen molar-refractivity contribution >= 4 is 32.3 Å². The molecule has 11 rings (SSSR count). The van der Waals surface area contributed by atoms with Crippen molar-refractivity contribution in [2.24, 2.45) is 0 Å². The lowest BCUT2D eigenvalue weighted by atomic mass is 9.82. The lowest BCUT2D eigenvalue weighted by molar-refractivity contribution is 0.660. The number of rotatable bonds is 5. The van der Waals surface area contributed by atoms with Crippen LogP contribution in [0.2, 0.25) is 0 Å². The third-order valence-electron chi connectivity index (χ3n) is 12.1. The van der Waals surface area contributed by atoms with E-state index in [0.717, 1.165) is 33.6 Å². The molecule has 0 atom stereocenters. The molecule has 1 aromatic heterocycles. The molecule has 0 amide bonds. The van der Waals surface area contributed by atoms with Crippen LogP contribution in [0.5, 0.6) is 0 Å². The summed E-state index contributed by atoms with van der Waals surface area (Å²) < 4.78 is 0. The van der Waals surface area contributed by atoms with Crippen LogP contribution in [0.1, 0.15) is 25.0 Å². The van der Waals surface area contributed by atoms with Crippen LogP contribution in [0, 0.1) is 0 Å². The average Bonchev–Trinajstić information content (AvgIpc) is 3.51. The first-order chi connectivity index (χ1) is 28.0. The third kappa shape index (κ3) is 5.33. The molecule has 0 spiro atoms. The van der Waals surface area contributed by atoms with Gasteiger partial charge in [0.05, 0.1) is 11.4 Å². The van der Waals surface area contributed by atoms with E-state index in [2.05, 4.69) is 208 Å². The Hall–Kier alpha value is -7.16. The summed E-state index contributed by atoms with van der Waals surface area (Å²) in [7, 11) is 0. The summed E-state index contributed by atoms with van der Waals surface area (Å²) in [5, 5.41) is 7.36. The summed E-state index contributed by atoms with van der Waals surface area (Å²) in [4.78, 5) is 11.0. The van der Waals surface area contributed by atoms with Crippen molar-refractivity contribution < 1.29 is 0 Å². The number of nitrogens with zero attached hydrogens (tertiary/aromatic N) is 2. The molecule has 268 valence electrons. The Morgan fingerprint density at radius 2 is 0.930 bits per heavy atom. The van der Waals surface area contributed by atoms with Crippen LogP contribution in [0.15, 0.2) is 194 Å². The fourth-order valence-corrected chi connectivity index (χ4v) is 9.29. The molecule has 1 aliphatic carbocycles. The summed E-state index contributed by atoms with van der Waals surface area (Å²) in [6, 6.07) is 70.1. The van der Waals surface area contributed by atoms with Crippen LogP contribution in [-0.2, 0) is 5.41 Å². The molecule has 0 N–H and O–H groups in total. The van der Waals surface area contributed by atoms with E-state index in [9.17, 15) is 0 Å². The smallest absolute Gasteiger partial charge is 0.161 e. The highest BCUT2D eigenvalue weighted by Crippen LogP contribution is 2.52. The maximum Gasteiger partial charge on any atom is 0.161 e. The first kappa shape index (κ1) is 33.2. The molecule has 9 aromatic carbocycles. The minimum atomic E-state index is -0.125. The molecular weight excluding hydrogens is 689 g/mol. The summed E-state index contributed by atoms with van der Waals surface area (Å²) in [6.07, 6.45) is 0. The van der Waals surface area contributed by atoms with Crippen LogP contribution in [0.25, 0.3) is 99.6 Å². The summed E-state index contributed by atoms with van der Waals surface area (Å²) in [6.45, 7) is 4.67. The summed E-state index contributed by atoms with van der Waals surface area (Å²) >= 11 is 0.